The van der Waals surface area contributed by atoms with Gasteiger partial charge in [-0.3, -0.25) is 0 Å². The van der Waals surface area contributed by atoms with Gasteiger partial charge >= 0.3 is 0 Å². The lowest BCUT2D eigenvalue weighted by Crippen LogP contribution is -2.26. The highest BCUT2D eigenvalue weighted by Gasteiger charge is 2.20. The fraction of sp³-hybridized carbons (Fsp3) is 0.200. The fourth-order valence-electron chi connectivity index (χ4n) is 1.92. The summed E-state index contributed by atoms with van der Waals surface area (Å²) in [5.41, 5.74) is 0.843. The summed E-state index contributed by atoms with van der Waals surface area (Å²) in [4.78, 5) is -0.0384. The number of benzene rings is 2. The van der Waals surface area contributed by atoms with Crippen molar-refractivity contribution in [3.63, 3.8) is 0 Å². The molecule has 0 saturated carbocycles. The molecule has 0 unspecified atom stereocenters. The van der Waals surface area contributed by atoms with Crippen LogP contribution >= 0.6 is 0 Å². The van der Waals surface area contributed by atoms with Gasteiger partial charge in [0, 0.05) is 12.1 Å². The Morgan fingerprint density at radius 3 is 2.43 bits per heavy atom. The first-order chi connectivity index (χ1) is 9.94. The normalized spacial score (nSPS) is 12.9. The van der Waals surface area contributed by atoms with Crippen molar-refractivity contribution in [3.05, 3.63) is 59.9 Å². The minimum atomic E-state index is -3.75. The maximum Gasteiger partial charge on any atom is 0.241 e. The van der Waals surface area contributed by atoms with E-state index >= 15 is 0 Å². The third kappa shape index (κ3) is 3.59. The Morgan fingerprint density at radius 1 is 1.14 bits per heavy atom. The van der Waals surface area contributed by atoms with Gasteiger partial charge in [0.25, 0.3) is 0 Å². The molecule has 0 fully saturated rings. The van der Waals surface area contributed by atoms with Gasteiger partial charge in [0.05, 0.1) is 12.0 Å². The number of ether oxygens (including phenoxy) is 1. The molecular weight excluding hydrogens is 293 g/mol. The van der Waals surface area contributed by atoms with Crippen LogP contribution in [0.3, 0.4) is 0 Å². The Balaban J connectivity index is 2.26. The quantitative estimate of drug-likeness (QED) is 0.924. The highest BCUT2D eigenvalue weighted by Crippen LogP contribution is 2.23. The third-order valence-corrected chi connectivity index (χ3v) is 4.60. The molecule has 0 amide bonds. The van der Waals surface area contributed by atoms with Gasteiger partial charge in [0.2, 0.25) is 10.0 Å². The second kappa shape index (κ2) is 6.24. The van der Waals surface area contributed by atoms with Crippen LogP contribution in [0.5, 0.6) is 5.75 Å². The summed E-state index contributed by atoms with van der Waals surface area (Å²) in [5.74, 6) is -0.710. The molecule has 0 bridgehead atoms. The van der Waals surface area contributed by atoms with E-state index in [9.17, 15) is 12.8 Å². The molecule has 2 rings (SSSR count). The molecule has 21 heavy (non-hydrogen) atoms. The van der Waals surface area contributed by atoms with Crippen LogP contribution in [0.2, 0.25) is 0 Å². The van der Waals surface area contributed by atoms with Gasteiger partial charge in [-0.15, -0.1) is 0 Å². The van der Waals surface area contributed by atoms with E-state index in [1.54, 1.807) is 6.92 Å². The van der Waals surface area contributed by atoms with Crippen molar-refractivity contribution in [3.8, 4) is 5.75 Å². The molecule has 1 N–H and O–H groups in total. The van der Waals surface area contributed by atoms with Crippen LogP contribution in [0.4, 0.5) is 4.39 Å². The molecule has 0 aliphatic carbocycles. The lowest BCUT2D eigenvalue weighted by atomic mass is 10.1. The number of hydrogen-bond donors (Lipinski definition) is 1. The fourth-order valence-corrected chi connectivity index (χ4v) is 3.16. The predicted molar refractivity (Wildman–Crippen MR) is 78.1 cm³/mol. The number of halogens is 1. The average Bonchev–Trinajstić information content (AvgIpc) is 2.48. The Morgan fingerprint density at radius 2 is 1.81 bits per heavy atom. The van der Waals surface area contributed by atoms with Gasteiger partial charge in [0.15, 0.2) is 11.6 Å². The van der Waals surface area contributed by atoms with Crippen LogP contribution in [0.1, 0.15) is 18.5 Å². The summed E-state index contributed by atoms with van der Waals surface area (Å²) in [6.07, 6.45) is 0. The Hall–Kier alpha value is -1.92. The number of sulfonamides is 1. The molecule has 0 spiro atoms. The maximum atomic E-state index is 13.3. The molecule has 0 aliphatic heterocycles. The van der Waals surface area contributed by atoms with E-state index in [4.69, 9.17) is 4.74 Å². The lowest BCUT2D eigenvalue weighted by molar-refractivity contribution is 0.385. The Bertz CT molecular complexity index is 717. The molecule has 112 valence electrons. The van der Waals surface area contributed by atoms with E-state index in [0.717, 1.165) is 17.7 Å². The third-order valence-electron chi connectivity index (χ3n) is 3.06. The van der Waals surface area contributed by atoms with Crippen molar-refractivity contribution >= 4 is 10.0 Å². The first-order valence-electron chi connectivity index (χ1n) is 6.35. The Kier molecular flexibility index (Phi) is 4.59. The zero-order chi connectivity index (χ0) is 15.5. The topological polar surface area (TPSA) is 55.4 Å². The number of nitrogens with one attached hydrogen (secondary N) is 1. The summed E-state index contributed by atoms with van der Waals surface area (Å²) in [6.45, 7) is 1.74. The smallest absolute Gasteiger partial charge is 0.241 e. The molecule has 0 aromatic heterocycles. The minimum absolute atomic E-state index is 0.0384. The molecule has 0 saturated heterocycles. The molecule has 0 heterocycles. The van der Waals surface area contributed by atoms with Crippen LogP contribution in [0, 0.1) is 5.82 Å². The average molecular weight is 309 g/mol. The summed E-state index contributed by atoms with van der Waals surface area (Å²) in [6, 6.07) is 12.2. The van der Waals surface area contributed by atoms with Gasteiger partial charge in [-0.2, -0.15) is 0 Å². The van der Waals surface area contributed by atoms with Gasteiger partial charge in [-0.05, 0) is 24.6 Å². The van der Waals surface area contributed by atoms with Crippen molar-refractivity contribution in [2.75, 3.05) is 7.11 Å². The van der Waals surface area contributed by atoms with Crippen LogP contribution in [-0.4, -0.2) is 15.5 Å². The molecule has 0 aliphatic rings. The largest absolute Gasteiger partial charge is 0.494 e. The molecule has 4 nitrogen and oxygen atoms in total. The molecule has 2 aromatic rings. The predicted octanol–water partition coefficient (Wildman–Crippen LogP) is 2.87. The van der Waals surface area contributed by atoms with Crippen molar-refractivity contribution in [1.82, 2.24) is 4.72 Å². The van der Waals surface area contributed by atoms with Gasteiger partial charge in [-0.25, -0.2) is 17.5 Å². The summed E-state index contributed by atoms with van der Waals surface area (Å²) in [5, 5.41) is 0. The lowest BCUT2D eigenvalue weighted by Gasteiger charge is -2.15. The minimum Gasteiger partial charge on any atom is -0.494 e. The van der Waals surface area contributed by atoms with Crippen LogP contribution < -0.4 is 9.46 Å². The summed E-state index contributed by atoms with van der Waals surface area (Å²) in [7, 11) is -2.47. The van der Waals surface area contributed by atoms with Crippen LogP contribution in [-0.2, 0) is 10.0 Å². The molecule has 0 radical (unpaired) electrons. The highest BCUT2D eigenvalue weighted by molar-refractivity contribution is 7.89. The summed E-state index contributed by atoms with van der Waals surface area (Å²) < 4.78 is 45.3. The van der Waals surface area contributed by atoms with Gasteiger partial charge in [-0.1, -0.05) is 30.3 Å². The second-order valence-corrected chi connectivity index (χ2v) is 6.26. The van der Waals surface area contributed by atoms with E-state index in [-0.39, 0.29) is 10.6 Å². The zero-order valence-electron chi connectivity index (χ0n) is 11.7. The van der Waals surface area contributed by atoms with E-state index < -0.39 is 21.9 Å². The van der Waals surface area contributed by atoms with Crippen LogP contribution in [0.15, 0.2) is 53.4 Å². The van der Waals surface area contributed by atoms with Gasteiger partial charge in [0.1, 0.15) is 0 Å². The SMILES string of the molecule is COc1cc(S(=O)(=O)N[C@H](C)c2ccccc2)ccc1F. The van der Waals surface area contributed by atoms with E-state index in [1.807, 2.05) is 30.3 Å². The van der Waals surface area contributed by atoms with E-state index in [0.29, 0.717) is 0 Å². The molecule has 6 heteroatoms. The first-order valence-corrected chi connectivity index (χ1v) is 7.83. The molecule has 1 atom stereocenters. The highest BCUT2D eigenvalue weighted by atomic mass is 32.2. The van der Waals surface area contributed by atoms with E-state index in [1.165, 1.54) is 13.2 Å². The summed E-state index contributed by atoms with van der Waals surface area (Å²) >= 11 is 0. The number of hydrogen-bond acceptors (Lipinski definition) is 3. The molecular formula is C15H16FNO3S. The van der Waals surface area contributed by atoms with Crippen molar-refractivity contribution in [2.45, 2.75) is 17.9 Å². The standard InChI is InChI=1S/C15H16FNO3S/c1-11(12-6-4-3-5-7-12)17-21(18,19)13-8-9-14(16)15(10-13)20-2/h3-11,17H,1-2H3/t11-/m1/s1. The number of rotatable bonds is 5. The van der Waals surface area contributed by atoms with E-state index in [2.05, 4.69) is 4.72 Å². The van der Waals surface area contributed by atoms with Crippen molar-refractivity contribution in [2.24, 2.45) is 0 Å². The zero-order valence-corrected chi connectivity index (χ0v) is 12.5. The second-order valence-electron chi connectivity index (χ2n) is 4.55. The first kappa shape index (κ1) is 15.5. The van der Waals surface area contributed by atoms with Crippen molar-refractivity contribution in [1.29, 1.82) is 0 Å². The van der Waals surface area contributed by atoms with Crippen molar-refractivity contribution < 1.29 is 17.5 Å². The number of methoxy groups -OCH3 is 1. The van der Waals surface area contributed by atoms with Gasteiger partial charge < -0.3 is 4.74 Å². The maximum absolute atomic E-state index is 13.3. The molecule has 2 aromatic carbocycles. The Labute approximate surface area is 123 Å². The van der Waals surface area contributed by atoms with Crippen LogP contribution in [0.25, 0.3) is 0 Å². The monoisotopic (exact) mass is 309 g/mol.